The number of piperidine rings is 1. The van der Waals surface area contributed by atoms with Gasteiger partial charge in [-0.3, -0.25) is 4.79 Å². The molecular formula is C13H26N2O2. The van der Waals surface area contributed by atoms with Crippen LogP contribution in [0.3, 0.4) is 0 Å². The number of hydrogen-bond donors (Lipinski definition) is 2. The Labute approximate surface area is 104 Å². The monoisotopic (exact) mass is 242 g/mol. The van der Waals surface area contributed by atoms with Gasteiger partial charge in [0, 0.05) is 12.6 Å². The van der Waals surface area contributed by atoms with Crippen LogP contribution < -0.4 is 5.73 Å². The third-order valence-electron chi connectivity index (χ3n) is 3.53. The number of carbonyl (C=O) groups is 1. The zero-order valence-corrected chi connectivity index (χ0v) is 11.2. The first-order valence-corrected chi connectivity index (χ1v) is 6.67. The van der Waals surface area contributed by atoms with Crippen molar-refractivity contribution in [2.75, 3.05) is 6.54 Å². The van der Waals surface area contributed by atoms with Crippen LogP contribution in [-0.2, 0) is 4.79 Å². The molecule has 0 aromatic carbocycles. The van der Waals surface area contributed by atoms with Crippen molar-refractivity contribution in [3.05, 3.63) is 0 Å². The minimum atomic E-state index is -0.412. The summed E-state index contributed by atoms with van der Waals surface area (Å²) in [6.45, 7) is 6.50. The molecule has 0 saturated carbocycles. The molecule has 0 aromatic rings. The first kappa shape index (κ1) is 14.5. The molecule has 3 N–H and O–H groups in total. The number of nitrogens with zero attached hydrogens (tertiary/aromatic N) is 1. The van der Waals surface area contributed by atoms with Crippen molar-refractivity contribution in [1.82, 2.24) is 4.90 Å². The Kier molecular flexibility index (Phi) is 5.40. The number of aliphatic hydroxyl groups is 1. The van der Waals surface area contributed by atoms with Crippen LogP contribution in [0.25, 0.3) is 0 Å². The highest BCUT2D eigenvalue weighted by molar-refractivity contribution is 5.82. The van der Waals surface area contributed by atoms with Crippen molar-refractivity contribution < 1.29 is 9.90 Å². The lowest BCUT2D eigenvalue weighted by molar-refractivity contribution is -0.137. The Morgan fingerprint density at radius 3 is 2.59 bits per heavy atom. The summed E-state index contributed by atoms with van der Waals surface area (Å²) in [5.74, 6) is 0.210. The Balaban J connectivity index is 2.67. The average molecular weight is 242 g/mol. The molecule has 1 rings (SSSR count). The van der Waals surface area contributed by atoms with Crippen molar-refractivity contribution in [1.29, 1.82) is 0 Å². The number of rotatable bonds is 4. The van der Waals surface area contributed by atoms with Gasteiger partial charge in [-0.25, -0.2) is 0 Å². The van der Waals surface area contributed by atoms with E-state index in [1.165, 1.54) is 0 Å². The first-order valence-electron chi connectivity index (χ1n) is 6.67. The van der Waals surface area contributed by atoms with Gasteiger partial charge >= 0.3 is 0 Å². The highest BCUT2D eigenvalue weighted by Gasteiger charge is 2.31. The average Bonchev–Trinajstić information content (AvgIpc) is 2.27. The quantitative estimate of drug-likeness (QED) is 0.776. The molecule has 0 aromatic heterocycles. The number of aliphatic hydroxyl groups excluding tert-OH is 1. The molecule has 1 saturated heterocycles. The Bertz CT molecular complexity index is 254. The molecule has 3 atom stereocenters. The van der Waals surface area contributed by atoms with Gasteiger partial charge in [0.2, 0.25) is 5.91 Å². The molecule has 1 aliphatic rings. The summed E-state index contributed by atoms with van der Waals surface area (Å²) in [5, 5.41) is 9.48. The van der Waals surface area contributed by atoms with Gasteiger partial charge in [-0.1, -0.05) is 13.8 Å². The second kappa shape index (κ2) is 6.36. The third kappa shape index (κ3) is 3.96. The Morgan fingerprint density at radius 1 is 1.41 bits per heavy atom. The maximum absolute atomic E-state index is 12.3. The zero-order valence-electron chi connectivity index (χ0n) is 11.2. The van der Waals surface area contributed by atoms with Crippen LogP contribution in [0.1, 0.15) is 46.5 Å². The summed E-state index contributed by atoms with van der Waals surface area (Å²) >= 11 is 0. The van der Waals surface area contributed by atoms with Crippen LogP contribution in [0.5, 0.6) is 0 Å². The van der Waals surface area contributed by atoms with Crippen LogP contribution in [0, 0.1) is 5.92 Å². The van der Waals surface area contributed by atoms with Crippen LogP contribution >= 0.6 is 0 Å². The fourth-order valence-corrected chi connectivity index (χ4v) is 2.41. The SMILES string of the molecule is CC(O)CC1CCCCN1C(=O)[C@H](N)C(C)C. The molecular weight excluding hydrogens is 216 g/mol. The van der Waals surface area contributed by atoms with Gasteiger partial charge in [-0.05, 0) is 38.5 Å². The number of amides is 1. The van der Waals surface area contributed by atoms with Gasteiger partial charge in [-0.15, -0.1) is 0 Å². The fraction of sp³-hybridized carbons (Fsp3) is 0.923. The van der Waals surface area contributed by atoms with E-state index in [9.17, 15) is 9.90 Å². The molecule has 100 valence electrons. The van der Waals surface area contributed by atoms with E-state index >= 15 is 0 Å². The number of carbonyl (C=O) groups excluding carboxylic acids is 1. The maximum Gasteiger partial charge on any atom is 0.239 e. The van der Waals surface area contributed by atoms with E-state index in [4.69, 9.17) is 5.73 Å². The molecule has 1 heterocycles. The lowest BCUT2D eigenvalue weighted by atomic mass is 9.94. The minimum absolute atomic E-state index is 0.0466. The molecule has 1 aliphatic heterocycles. The molecule has 4 nitrogen and oxygen atoms in total. The molecule has 0 bridgehead atoms. The Morgan fingerprint density at radius 2 is 2.06 bits per heavy atom. The third-order valence-corrected chi connectivity index (χ3v) is 3.53. The summed E-state index contributed by atoms with van der Waals surface area (Å²) in [6.07, 6.45) is 3.48. The van der Waals surface area contributed by atoms with E-state index in [0.717, 1.165) is 25.8 Å². The fourth-order valence-electron chi connectivity index (χ4n) is 2.41. The van der Waals surface area contributed by atoms with E-state index in [1.807, 2.05) is 18.7 Å². The van der Waals surface area contributed by atoms with Gasteiger partial charge in [-0.2, -0.15) is 0 Å². The van der Waals surface area contributed by atoms with E-state index in [-0.39, 0.29) is 24.0 Å². The molecule has 2 unspecified atom stereocenters. The summed E-state index contributed by atoms with van der Waals surface area (Å²) in [7, 11) is 0. The maximum atomic E-state index is 12.3. The second-order valence-electron chi connectivity index (χ2n) is 5.54. The smallest absolute Gasteiger partial charge is 0.239 e. The summed E-state index contributed by atoms with van der Waals surface area (Å²) in [4.78, 5) is 14.1. The zero-order chi connectivity index (χ0) is 13.0. The van der Waals surface area contributed by atoms with Crippen LogP contribution in [0.15, 0.2) is 0 Å². The largest absolute Gasteiger partial charge is 0.393 e. The Hall–Kier alpha value is -0.610. The van der Waals surface area contributed by atoms with E-state index in [2.05, 4.69) is 0 Å². The molecule has 0 aliphatic carbocycles. The van der Waals surface area contributed by atoms with Gasteiger partial charge in [0.1, 0.15) is 0 Å². The lowest BCUT2D eigenvalue weighted by Gasteiger charge is -2.38. The van der Waals surface area contributed by atoms with Gasteiger partial charge in [0.25, 0.3) is 0 Å². The van der Waals surface area contributed by atoms with Crippen LogP contribution in [-0.4, -0.2) is 40.6 Å². The van der Waals surface area contributed by atoms with Gasteiger partial charge in [0.15, 0.2) is 0 Å². The van der Waals surface area contributed by atoms with Crippen LogP contribution in [0.2, 0.25) is 0 Å². The van der Waals surface area contributed by atoms with Gasteiger partial charge in [0.05, 0.1) is 12.1 Å². The van der Waals surface area contributed by atoms with Crippen molar-refractivity contribution in [3.63, 3.8) is 0 Å². The predicted octanol–water partition coefficient (Wildman–Crippen LogP) is 1.12. The van der Waals surface area contributed by atoms with Crippen molar-refractivity contribution in [3.8, 4) is 0 Å². The van der Waals surface area contributed by atoms with E-state index in [0.29, 0.717) is 6.42 Å². The minimum Gasteiger partial charge on any atom is -0.393 e. The molecule has 1 fully saturated rings. The standard InChI is InChI=1S/C13H26N2O2/c1-9(2)12(14)13(17)15-7-5-4-6-11(15)8-10(3)16/h9-12,16H,4-8,14H2,1-3H3/t10?,11?,12-/m1/s1. The molecule has 17 heavy (non-hydrogen) atoms. The highest BCUT2D eigenvalue weighted by Crippen LogP contribution is 2.22. The lowest BCUT2D eigenvalue weighted by Crippen LogP contribution is -2.53. The predicted molar refractivity (Wildman–Crippen MR) is 68.5 cm³/mol. The summed E-state index contributed by atoms with van der Waals surface area (Å²) in [6, 6.07) is -0.245. The molecule has 4 heteroatoms. The van der Waals surface area contributed by atoms with Gasteiger partial charge < -0.3 is 15.7 Å². The van der Waals surface area contributed by atoms with E-state index in [1.54, 1.807) is 6.92 Å². The number of likely N-dealkylation sites (tertiary alicyclic amines) is 1. The van der Waals surface area contributed by atoms with Crippen molar-refractivity contribution in [2.24, 2.45) is 11.7 Å². The summed E-state index contributed by atoms with van der Waals surface area (Å²) < 4.78 is 0. The second-order valence-corrected chi connectivity index (χ2v) is 5.54. The topological polar surface area (TPSA) is 66.6 Å². The number of hydrogen-bond acceptors (Lipinski definition) is 3. The molecule has 1 amide bonds. The van der Waals surface area contributed by atoms with Crippen LogP contribution in [0.4, 0.5) is 0 Å². The first-order chi connectivity index (χ1) is 7.93. The van der Waals surface area contributed by atoms with Crippen molar-refractivity contribution >= 4 is 5.91 Å². The van der Waals surface area contributed by atoms with E-state index < -0.39 is 6.04 Å². The normalized spacial score (nSPS) is 24.8. The molecule has 0 radical (unpaired) electrons. The molecule has 0 spiro atoms. The highest BCUT2D eigenvalue weighted by atomic mass is 16.3. The van der Waals surface area contributed by atoms with Crippen molar-refractivity contribution in [2.45, 2.75) is 64.6 Å². The number of nitrogens with two attached hydrogens (primary N) is 1. The summed E-state index contributed by atoms with van der Waals surface area (Å²) in [5.41, 5.74) is 5.93.